The van der Waals surface area contributed by atoms with Gasteiger partial charge >= 0.3 is 0 Å². The summed E-state index contributed by atoms with van der Waals surface area (Å²) in [5.41, 5.74) is 2.44. The number of amides is 1. The summed E-state index contributed by atoms with van der Waals surface area (Å²) in [7, 11) is 1.66. The molecule has 0 spiro atoms. The van der Waals surface area contributed by atoms with E-state index in [0.717, 1.165) is 35.8 Å². The predicted octanol–water partition coefficient (Wildman–Crippen LogP) is 3.06. The van der Waals surface area contributed by atoms with Crippen LogP contribution in [0.25, 0.3) is 11.3 Å². The van der Waals surface area contributed by atoms with Crippen molar-refractivity contribution in [1.82, 2.24) is 14.7 Å². The molecule has 8 nitrogen and oxygen atoms in total. The molecule has 1 amide bonds. The van der Waals surface area contributed by atoms with Crippen molar-refractivity contribution < 1.29 is 14.3 Å². The third-order valence-corrected chi connectivity index (χ3v) is 5.92. The maximum absolute atomic E-state index is 12.8. The van der Waals surface area contributed by atoms with Gasteiger partial charge in [0.05, 0.1) is 26.0 Å². The van der Waals surface area contributed by atoms with Gasteiger partial charge in [-0.15, -0.1) is 0 Å². The summed E-state index contributed by atoms with van der Waals surface area (Å²) in [5.74, 6) is 1.64. The lowest BCUT2D eigenvalue weighted by molar-refractivity contribution is -0.131. The molecule has 1 aromatic heterocycles. The molecule has 0 radical (unpaired) electrons. The average Bonchev–Trinajstić information content (AvgIpc) is 2.89. The van der Waals surface area contributed by atoms with Crippen LogP contribution < -0.4 is 19.9 Å². The molecule has 34 heavy (non-hydrogen) atoms. The fraction of sp³-hybridized carbons (Fsp3) is 0.346. The van der Waals surface area contributed by atoms with Gasteiger partial charge in [0, 0.05) is 56.0 Å². The van der Waals surface area contributed by atoms with Gasteiger partial charge < -0.3 is 19.3 Å². The number of anilines is 1. The zero-order valence-corrected chi connectivity index (χ0v) is 19.6. The average molecular weight is 463 g/mol. The molecule has 3 aromatic rings. The van der Waals surface area contributed by atoms with E-state index in [1.165, 1.54) is 10.7 Å². The molecule has 0 unspecified atom stereocenters. The van der Waals surface area contributed by atoms with E-state index < -0.39 is 0 Å². The normalized spacial score (nSPS) is 13.6. The second-order valence-corrected chi connectivity index (χ2v) is 8.06. The van der Waals surface area contributed by atoms with E-state index in [4.69, 9.17) is 9.47 Å². The SMILES string of the molecule is CCOc1ccc(-c2ccc(=O)n(CCC(=O)N3CCN(c4cccc(OC)c4)CC3)n2)cc1. The van der Waals surface area contributed by atoms with Gasteiger partial charge in [0.1, 0.15) is 11.5 Å². The van der Waals surface area contributed by atoms with Crippen molar-refractivity contribution in [2.24, 2.45) is 0 Å². The topological polar surface area (TPSA) is 76.9 Å². The lowest BCUT2D eigenvalue weighted by Gasteiger charge is -2.36. The zero-order chi connectivity index (χ0) is 23.9. The summed E-state index contributed by atoms with van der Waals surface area (Å²) in [6, 6.07) is 18.7. The highest BCUT2D eigenvalue weighted by Crippen LogP contribution is 2.22. The minimum Gasteiger partial charge on any atom is -0.497 e. The van der Waals surface area contributed by atoms with E-state index in [2.05, 4.69) is 16.1 Å². The van der Waals surface area contributed by atoms with Crippen LogP contribution in [0, 0.1) is 0 Å². The zero-order valence-electron chi connectivity index (χ0n) is 19.6. The number of benzene rings is 2. The van der Waals surface area contributed by atoms with E-state index in [0.29, 0.717) is 25.4 Å². The number of methoxy groups -OCH3 is 1. The van der Waals surface area contributed by atoms with Crippen LogP contribution >= 0.6 is 0 Å². The maximum Gasteiger partial charge on any atom is 0.266 e. The summed E-state index contributed by atoms with van der Waals surface area (Å²) in [6.45, 7) is 5.59. The summed E-state index contributed by atoms with van der Waals surface area (Å²) in [4.78, 5) is 29.2. The molecule has 0 N–H and O–H groups in total. The lowest BCUT2D eigenvalue weighted by atomic mass is 10.1. The molecule has 2 aromatic carbocycles. The van der Waals surface area contributed by atoms with Crippen molar-refractivity contribution in [3.8, 4) is 22.8 Å². The molecule has 0 saturated carbocycles. The summed E-state index contributed by atoms with van der Waals surface area (Å²) in [6.07, 6.45) is 0.235. The first-order valence-electron chi connectivity index (χ1n) is 11.6. The number of hydrogen-bond acceptors (Lipinski definition) is 6. The molecule has 178 valence electrons. The molecule has 0 aliphatic carbocycles. The van der Waals surface area contributed by atoms with Gasteiger partial charge in [-0.05, 0) is 49.4 Å². The third-order valence-electron chi connectivity index (χ3n) is 5.92. The number of hydrogen-bond donors (Lipinski definition) is 0. The van der Waals surface area contributed by atoms with Crippen LogP contribution in [0.5, 0.6) is 11.5 Å². The van der Waals surface area contributed by atoms with Gasteiger partial charge in [0.15, 0.2) is 0 Å². The molecule has 1 saturated heterocycles. The molecular weight excluding hydrogens is 432 g/mol. The van der Waals surface area contributed by atoms with Crippen LogP contribution in [0.3, 0.4) is 0 Å². The number of carbonyl (C=O) groups excluding carboxylic acids is 1. The van der Waals surface area contributed by atoms with Crippen molar-refractivity contribution >= 4 is 11.6 Å². The first-order chi connectivity index (χ1) is 16.6. The molecule has 1 aliphatic heterocycles. The molecule has 0 atom stereocenters. The van der Waals surface area contributed by atoms with Crippen LogP contribution in [0.2, 0.25) is 0 Å². The Bertz CT molecular complexity index is 1170. The second-order valence-electron chi connectivity index (χ2n) is 8.06. The van der Waals surface area contributed by atoms with Gasteiger partial charge in [-0.3, -0.25) is 9.59 Å². The van der Waals surface area contributed by atoms with Crippen LogP contribution in [0.15, 0.2) is 65.5 Å². The highest BCUT2D eigenvalue weighted by atomic mass is 16.5. The fourth-order valence-electron chi connectivity index (χ4n) is 4.03. The Kier molecular flexibility index (Phi) is 7.47. The number of rotatable bonds is 8. The Morgan fingerprint density at radius 3 is 2.44 bits per heavy atom. The fourth-order valence-corrected chi connectivity index (χ4v) is 4.03. The monoisotopic (exact) mass is 462 g/mol. The quantitative estimate of drug-likeness (QED) is 0.512. The first-order valence-corrected chi connectivity index (χ1v) is 11.6. The van der Waals surface area contributed by atoms with Crippen LogP contribution in [-0.2, 0) is 11.3 Å². The molecule has 4 rings (SSSR count). The molecular formula is C26H30N4O4. The van der Waals surface area contributed by atoms with Crippen molar-refractivity contribution in [3.05, 3.63) is 71.0 Å². The van der Waals surface area contributed by atoms with E-state index in [1.807, 2.05) is 54.3 Å². The number of carbonyl (C=O) groups is 1. The van der Waals surface area contributed by atoms with Crippen LogP contribution in [-0.4, -0.2) is 60.5 Å². The van der Waals surface area contributed by atoms with Crippen LogP contribution in [0.4, 0.5) is 5.69 Å². The third kappa shape index (κ3) is 5.57. The van der Waals surface area contributed by atoms with Gasteiger partial charge in [-0.2, -0.15) is 5.10 Å². The summed E-state index contributed by atoms with van der Waals surface area (Å²) < 4.78 is 12.2. The smallest absolute Gasteiger partial charge is 0.266 e. The van der Waals surface area contributed by atoms with Crippen molar-refractivity contribution in [2.45, 2.75) is 19.9 Å². The predicted molar refractivity (Wildman–Crippen MR) is 132 cm³/mol. The molecule has 1 fully saturated rings. The van der Waals surface area contributed by atoms with Crippen molar-refractivity contribution in [1.29, 1.82) is 0 Å². The number of aryl methyl sites for hydroxylation is 1. The van der Waals surface area contributed by atoms with Crippen LogP contribution in [0.1, 0.15) is 13.3 Å². The Morgan fingerprint density at radius 2 is 1.74 bits per heavy atom. The molecule has 8 heteroatoms. The molecule has 2 heterocycles. The second kappa shape index (κ2) is 10.9. The number of aromatic nitrogens is 2. The standard InChI is InChI=1S/C26H30N4O4/c1-3-34-22-9-7-20(8-10-22)24-11-12-26(32)30(27-24)14-13-25(31)29-17-15-28(16-18-29)21-5-4-6-23(19-21)33-2/h4-12,19H,3,13-18H2,1-2H3. The Hall–Kier alpha value is -3.81. The van der Waals surface area contributed by atoms with Crippen molar-refractivity contribution in [3.63, 3.8) is 0 Å². The minimum absolute atomic E-state index is 0.0328. The number of nitrogens with zero attached hydrogens (tertiary/aromatic N) is 4. The number of piperazine rings is 1. The minimum atomic E-state index is -0.217. The van der Waals surface area contributed by atoms with E-state index in [9.17, 15) is 9.59 Å². The highest BCUT2D eigenvalue weighted by Gasteiger charge is 2.21. The number of ether oxygens (including phenoxy) is 2. The van der Waals surface area contributed by atoms with E-state index in [1.54, 1.807) is 13.2 Å². The molecule has 1 aliphatic rings. The Morgan fingerprint density at radius 1 is 0.971 bits per heavy atom. The lowest BCUT2D eigenvalue weighted by Crippen LogP contribution is -2.49. The Labute approximate surface area is 199 Å². The highest BCUT2D eigenvalue weighted by molar-refractivity contribution is 5.76. The van der Waals surface area contributed by atoms with E-state index >= 15 is 0 Å². The van der Waals surface area contributed by atoms with Gasteiger partial charge in [0.2, 0.25) is 5.91 Å². The molecule has 0 bridgehead atoms. The first kappa shape index (κ1) is 23.4. The van der Waals surface area contributed by atoms with Gasteiger partial charge in [-0.25, -0.2) is 4.68 Å². The van der Waals surface area contributed by atoms with E-state index in [-0.39, 0.29) is 24.4 Å². The largest absolute Gasteiger partial charge is 0.497 e. The van der Waals surface area contributed by atoms with Crippen molar-refractivity contribution in [2.75, 3.05) is 44.8 Å². The Balaban J connectivity index is 1.34. The maximum atomic E-state index is 12.8. The summed E-state index contributed by atoms with van der Waals surface area (Å²) in [5, 5.41) is 4.48. The summed E-state index contributed by atoms with van der Waals surface area (Å²) >= 11 is 0. The van der Waals surface area contributed by atoms with Gasteiger partial charge in [0.25, 0.3) is 5.56 Å². The van der Waals surface area contributed by atoms with Gasteiger partial charge in [-0.1, -0.05) is 6.07 Å².